The van der Waals surface area contributed by atoms with Crippen LogP contribution in [0.2, 0.25) is 0 Å². The number of carbonyl (C=O) groups is 2. The third-order valence-electron chi connectivity index (χ3n) is 6.85. The number of likely N-dealkylation sites (tertiary alicyclic amines) is 1. The number of amides is 2. The van der Waals surface area contributed by atoms with E-state index in [0.717, 1.165) is 36.0 Å². The van der Waals surface area contributed by atoms with E-state index in [9.17, 15) is 14.9 Å². The molecule has 0 radical (unpaired) electrons. The number of rotatable bonds is 6. The third kappa shape index (κ3) is 6.99. The van der Waals surface area contributed by atoms with Crippen LogP contribution >= 0.6 is 11.3 Å². The van der Waals surface area contributed by atoms with Crippen LogP contribution < -0.4 is 9.64 Å². The number of fused-ring (bicyclic) bond motifs is 1. The van der Waals surface area contributed by atoms with Crippen LogP contribution in [0.25, 0.3) is 22.0 Å². The summed E-state index contributed by atoms with van der Waals surface area (Å²) in [7, 11) is 3.60. The maximum atomic E-state index is 13.4. The maximum absolute atomic E-state index is 13.4. The van der Waals surface area contributed by atoms with E-state index in [1.165, 1.54) is 23.3 Å². The highest BCUT2D eigenvalue weighted by Crippen LogP contribution is 2.39. The topological polar surface area (TPSA) is 108 Å². The van der Waals surface area contributed by atoms with Gasteiger partial charge in [0.15, 0.2) is 5.01 Å². The quantitative estimate of drug-likeness (QED) is 0.310. The van der Waals surface area contributed by atoms with Crippen LogP contribution in [-0.4, -0.2) is 66.5 Å². The molecule has 2 amide bonds. The van der Waals surface area contributed by atoms with Crippen molar-refractivity contribution in [1.29, 1.82) is 5.26 Å². The van der Waals surface area contributed by atoms with Gasteiger partial charge in [-0.3, -0.25) is 9.69 Å². The average Bonchev–Trinajstić information content (AvgIpc) is 3.42. The van der Waals surface area contributed by atoms with Gasteiger partial charge in [-0.05, 0) is 58.7 Å². The van der Waals surface area contributed by atoms with Crippen LogP contribution in [0.3, 0.4) is 0 Å². The zero-order valence-corrected chi connectivity index (χ0v) is 25.2. The van der Waals surface area contributed by atoms with Crippen molar-refractivity contribution < 1.29 is 19.1 Å². The monoisotopic (exact) mass is 573 g/mol. The first kappa shape index (κ1) is 29.9. The Labute approximate surface area is 244 Å². The summed E-state index contributed by atoms with van der Waals surface area (Å²) in [5.74, 6) is 0.103. The summed E-state index contributed by atoms with van der Waals surface area (Å²) in [5, 5.41) is 13.1. The van der Waals surface area contributed by atoms with Crippen molar-refractivity contribution in [2.24, 2.45) is 4.99 Å². The number of ether oxygens (including phenoxy) is 2. The van der Waals surface area contributed by atoms with Crippen molar-refractivity contribution in [2.75, 3.05) is 32.1 Å². The second-order valence-corrected chi connectivity index (χ2v) is 12.0. The largest absolute Gasteiger partial charge is 0.495 e. The van der Waals surface area contributed by atoms with E-state index in [2.05, 4.69) is 35.4 Å². The molecule has 214 valence electrons. The Morgan fingerprint density at radius 1 is 1.29 bits per heavy atom. The number of benzene rings is 2. The van der Waals surface area contributed by atoms with Crippen molar-refractivity contribution in [1.82, 2.24) is 9.88 Å². The Hall–Kier alpha value is -4.07. The molecule has 41 heavy (non-hydrogen) atoms. The van der Waals surface area contributed by atoms with Crippen LogP contribution in [0.1, 0.15) is 50.3 Å². The number of nitriles is 1. The summed E-state index contributed by atoms with van der Waals surface area (Å²) < 4.78 is 11.3. The van der Waals surface area contributed by atoms with E-state index in [-0.39, 0.29) is 18.0 Å². The van der Waals surface area contributed by atoms with Crippen LogP contribution in [-0.2, 0) is 4.74 Å². The Morgan fingerprint density at radius 3 is 2.68 bits per heavy atom. The molecule has 0 spiro atoms. The van der Waals surface area contributed by atoms with Gasteiger partial charge in [-0.15, -0.1) is 11.3 Å². The van der Waals surface area contributed by atoms with Crippen LogP contribution in [0, 0.1) is 11.3 Å². The van der Waals surface area contributed by atoms with Crippen molar-refractivity contribution in [3.8, 4) is 23.1 Å². The number of aromatic nitrogens is 1. The van der Waals surface area contributed by atoms with E-state index in [1.807, 2.05) is 35.7 Å². The minimum absolute atomic E-state index is 0.0742. The fraction of sp³-hybridized carbons (Fsp3) is 0.387. The summed E-state index contributed by atoms with van der Waals surface area (Å²) in [6.07, 6.45) is 0.906. The van der Waals surface area contributed by atoms with Crippen LogP contribution in [0.15, 0.2) is 52.9 Å². The molecule has 1 aromatic heterocycles. The van der Waals surface area contributed by atoms with E-state index < -0.39 is 11.7 Å². The first-order valence-corrected chi connectivity index (χ1v) is 14.2. The molecule has 1 saturated heterocycles. The number of carbonyl (C=O) groups excluding carboxylic acids is 2. The van der Waals surface area contributed by atoms with Gasteiger partial charge in [-0.1, -0.05) is 24.8 Å². The lowest BCUT2D eigenvalue weighted by Gasteiger charge is -2.30. The van der Waals surface area contributed by atoms with Crippen molar-refractivity contribution in [3.05, 3.63) is 52.9 Å². The number of piperidine rings is 1. The number of hydrogen-bond acceptors (Lipinski definition) is 8. The second kappa shape index (κ2) is 12.2. The van der Waals surface area contributed by atoms with Gasteiger partial charge >= 0.3 is 12.0 Å². The smallest absolute Gasteiger partial charge is 0.415 e. The number of methoxy groups -OCH3 is 1. The Morgan fingerprint density at radius 2 is 2.02 bits per heavy atom. The maximum Gasteiger partial charge on any atom is 0.415 e. The first-order valence-electron chi connectivity index (χ1n) is 13.4. The SMILES string of the molecule is C=C(C#N)CN(C(=O)OC(C)(C)C)c1c(OC)ccc2ccc(-c3csc(C(=O)N=C4CCN(C)[C@@H](C)C4)n3)cc12. The van der Waals surface area contributed by atoms with Gasteiger partial charge in [-0.2, -0.15) is 5.26 Å². The minimum Gasteiger partial charge on any atom is -0.495 e. The highest BCUT2D eigenvalue weighted by molar-refractivity contribution is 7.12. The van der Waals surface area contributed by atoms with Crippen molar-refractivity contribution in [2.45, 2.75) is 52.2 Å². The number of nitrogens with zero attached hydrogens (tertiary/aromatic N) is 5. The molecule has 1 atom stereocenters. The van der Waals surface area contributed by atoms with E-state index in [1.54, 1.807) is 26.8 Å². The fourth-order valence-electron chi connectivity index (χ4n) is 4.59. The summed E-state index contributed by atoms with van der Waals surface area (Å²) in [6.45, 7) is 12.0. The third-order valence-corrected chi connectivity index (χ3v) is 7.68. The molecule has 0 saturated carbocycles. The predicted octanol–water partition coefficient (Wildman–Crippen LogP) is 6.49. The Kier molecular flexibility index (Phi) is 8.90. The van der Waals surface area contributed by atoms with Gasteiger partial charge in [0.1, 0.15) is 11.4 Å². The van der Waals surface area contributed by atoms with Crippen molar-refractivity contribution >= 4 is 45.5 Å². The normalized spacial score (nSPS) is 16.8. The van der Waals surface area contributed by atoms with E-state index in [4.69, 9.17) is 9.47 Å². The molecule has 10 heteroatoms. The summed E-state index contributed by atoms with van der Waals surface area (Å²) in [6, 6.07) is 11.7. The van der Waals surface area contributed by atoms with Gasteiger partial charge in [0.25, 0.3) is 0 Å². The molecule has 1 aliphatic rings. The summed E-state index contributed by atoms with van der Waals surface area (Å²) in [5.41, 5.74) is 2.16. The Balaban J connectivity index is 1.74. The highest BCUT2D eigenvalue weighted by Gasteiger charge is 2.28. The van der Waals surface area contributed by atoms with E-state index >= 15 is 0 Å². The molecular formula is C31H35N5O4S. The van der Waals surface area contributed by atoms with Crippen LogP contribution in [0.5, 0.6) is 5.75 Å². The van der Waals surface area contributed by atoms with Crippen LogP contribution in [0.4, 0.5) is 10.5 Å². The molecule has 4 rings (SSSR count). The second-order valence-electron chi connectivity index (χ2n) is 11.1. The van der Waals surface area contributed by atoms with Gasteiger partial charge in [0.2, 0.25) is 0 Å². The number of thiazole rings is 1. The van der Waals surface area contributed by atoms with E-state index in [0.29, 0.717) is 33.6 Å². The molecular weight excluding hydrogens is 538 g/mol. The lowest BCUT2D eigenvalue weighted by atomic mass is 10.0. The van der Waals surface area contributed by atoms with Gasteiger partial charge in [0, 0.05) is 46.6 Å². The minimum atomic E-state index is -0.759. The zero-order valence-electron chi connectivity index (χ0n) is 24.4. The highest BCUT2D eigenvalue weighted by atomic mass is 32.1. The van der Waals surface area contributed by atoms with Gasteiger partial charge < -0.3 is 14.4 Å². The Bertz CT molecular complexity index is 1560. The molecule has 0 N–H and O–H groups in total. The van der Waals surface area contributed by atoms with Crippen molar-refractivity contribution in [3.63, 3.8) is 0 Å². The molecule has 1 fully saturated rings. The number of hydrogen-bond donors (Lipinski definition) is 0. The van der Waals surface area contributed by atoms with Gasteiger partial charge in [-0.25, -0.2) is 14.8 Å². The molecule has 3 aromatic rings. The molecule has 0 unspecified atom stereocenters. The predicted molar refractivity (Wildman–Crippen MR) is 163 cm³/mol. The lowest BCUT2D eigenvalue weighted by molar-refractivity contribution is 0.0583. The lowest BCUT2D eigenvalue weighted by Crippen LogP contribution is -2.38. The average molecular weight is 574 g/mol. The first-order chi connectivity index (χ1) is 19.4. The number of anilines is 1. The fourth-order valence-corrected chi connectivity index (χ4v) is 5.30. The number of aliphatic imine (C=N–C) groups is 1. The van der Waals surface area contributed by atoms with Gasteiger partial charge in [0.05, 0.1) is 31.1 Å². The molecule has 1 aliphatic heterocycles. The molecule has 2 heterocycles. The molecule has 9 nitrogen and oxygen atoms in total. The molecule has 0 aliphatic carbocycles. The summed E-state index contributed by atoms with van der Waals surface area (Å²) in [4.78, 5) is 39.0. The molecule has 0 bridgehead atoms. The summed E-state index contributed by atoms with van der Waals surface area (Å²) >= 11 is 1.25. The standard InChI is InChI=1S/C31H35N5O4S/c1-19(16-32)17-36(30(38)40-31(3,4)5)27-24-15-22(9-8-21(24)10-11-26(27)39-7)25-18-41-29(34-25)28(37)33-23-12-13-35(6)20(2)14-23/h8-11,15,18,20H,1,12-14,17H2,2-7H3/t20-/m0/s1. The molecule has 2 aromatic carbocycles. The zero-order chi connectivity index (χ0) is 29.9.